The lowest BCUT2D eigenvalue weighted by Gasteiger charge is -2.08. The van der Waals surface area contributed by atoms with Gasteiger partial charge in [0, 0.05) is 5.56 Å². The van der Waals surface area contributed by atoms with Crippen LogP contribution in [0.15, 0.2) is 12.1 Å². The third-order valence-electron chi connectivity index (χ3n) is 1.88. The number of halogens is 2. The van der Waals surface area contributed by atoms with E-state index in [-0.39, 0.29) is 30.1 Å². The maximum Gasteiger partial charge on any atom is 0.311 e. The average Bonchev–Trinajstić information content (AvgIpc) is 2.17. The second-order valence-electron chi connectivity index (χ2n) is 3.05. The van der Waals surface area contributed by atoms with E-state index in [0.717, 1.165) is 0 Å². The Morgan fingerprint density at radius 3 is 2.81 bits per heavy atom. The molecule has 1 aromatic rings. The highest BCUT2D eigenvalue weighted by molar-refractivity contribution is 5.72. The molecule has 0 aromatic carbocycles. The van der Waals surface area contributed by atoms with Crippen molar-refractivity contribution in [1.29, 1.82) is 0 Å². The summed E-state index contributed by atoms with van der Waals surface area (Å²) in [4.78, 5) is 14.9. The van der Waals surface area contributed by atoms with Crippen molar-refractivity contribution in [2.45, 2.75) is 19.8 Å². The van der Waals surface area contributed by atoms with Crippen molar-refractivity contribution >= 4 is 11.8 Å². The lowest BCUT2D eigenvalue weighted by atomic mass is 10.1. The molecule has 0 bridgehead atoms. The van der Waals surface area contributed by atoms with Gasteiger partial charge in [-0.15, -0.1) is 0 Å². The van der Waals surface area contributed by atoms with Gasteiger partial charge in [0.25, 0.3) is 6.43 Å². The molecule has 0 spiro atoms. The minimum atomic E-state index is -2.68. The van der Waals surface area contributed by atoms with E-state index in [0.29, 0.717) is 0 Å². The highest BCUT2D eigenvalue weighted by Crippen LogP contribution is 2.23. The van der Waals surface area contributed by atoms with Gasteiger partial charge in [0.05, 0.1) is 18.7 Å². The third-order valence-corrected chi connectivity index (χ3v) is 1.88. The van der Waals surface area contributed by atoms with E-state index in [9.17, 15) is 13.6 Å². The normalized spacial score (nSPS) is 10.5. The van der Waals surface area contributed by atoms with Crippen molar-refractivity contribution in [2.75, 3.05) is 12.3 Å². The second-order valence-corrected chi connectivity index (χ2v) is 3.05. The summed E-state index contributed by atoms with van der Waals surface area (Å²) in [7, 11) is 0. The van der Waals surface area contributed by atoms with Crippen molar-refractivity contribution in [2.24, 2.45) is 0 Å². The van der Waals surface area contributed by atoms with Gasteiger partial charge < -0.3 is 10.5 Å². The first-order valence-electron chi connectivity index (χ1n) is 4.73. The van der Waals surface area contributed by atoms with Crippen LogP contribution in [0.2, 0.25) is 0 Å². The number of nitrogens with two attached hydrogens (primary N) is 1. The Hall–Kier alpha value is -1.72. The Morgan fingerprint density at radius 2 is 2.25 bits per heavy atom. The summed E-state index contributed by atoms with van der Waals surface area (Å²) in [5.41, 5.74) is 5.05. The summed E-state index contributed by atoms with van der Waals surface area (Å²) in [6, 6.07) is 2.44. The minimum absolute atomic E-state index is 0.0338. The van der Waals surface area contributed by atoms with Gasteiger partial charge in [0.15, 0.2) is 0 Å². The number of carbonyl (C=O) groups is 1. The molecular weight excluding hydrogens is 218 g/mol. The van der Waals surface area contributed by atoms with Crippen LogP contribution < -0.4 is 5.73 Å². The van der Waals surface area contributed by atoms with E-state index >= 15 is 0 Å². The molecule has 0 saturated heterocycles. The summed E-state index contributed by atoms with van der Waals surface area (Å²) in [6.45, 7) is 1.84. The number of rotatable bonds is 4. The van der Waals surface area contributed by atoms with Crippen LogP contribution in [0.4, 0.5) is 14.6 Å². The average molecular weight is 230 g/mol. The van der Waals surface area contributed by atoms with Crippen LogP contribution in [0, 0.1) is 0 Å². The van der Waals surface area contributed by atoms with Crippen LogP contribution in [-0.4, -0.2) is 17.6 Å². The topological polar surface area (TPSA) is 65.2 Å². The number of carbonyl (C=O) groups excluding carboxylic acids is 1. The van der Waals surface area contributed by atoms with E-state index < -0.39 is 12.4 Å². The molecule has 1 rings (SSSR count). The van der Waals surface area contributed by atoms with E-state index in [2.05, 4.69) is 9.72 Å². The van der Waals surface area contributed by atoms with Gasteiger partial charge >= 0.3 is 5.97 Å². The number of hydrogen-bond donors (Lipinski definition) is 1. The van der Waals surface area contributed by atoms with Crippen molar-refractivity contribution in [3.63, 3.8) is 0 Å². The molecule has 16 heavy (non-hydrogen) atoms. The number of aromatic nitrogens is 1. The molecule has 4 nitrogen and oxygen atoms in total. The van der Waals surface area contributed by atoms with Gasteiger partial charge in [-0.05, 0) is 19.1 Å². The fourth-order valence-corrected chi connectivity index (χ4v) is 1.22. The number of pyridine rings is 1. The molecule has 0 fully saturated rings. The molecule has 0 saturated carbocycles. The maximum atomic E-state index is 12.6. The number of nitrogens with zero attached hydrogens (tertiary/aromatic N) is 1. The predicted molar refractivity (Wildman–Crippen MR) is 53.9 cm³/mol. The summed E-state index contributed by atoms with van der Waals surface area (Å²) in [5.74, 6) is -0.494. The van der Waals surface area contributed by atoms with Crippen LogP contribution in [0.3, 0.4) is 0 Å². The molecule has 0 aliphatic rings. The van der Waals surface area contributed by atoms with Gasteiger partial charge in [0.1, 0.15) is 5.82 Å². The van der Waals surface area contributed by atoms with Crippen LogP contribution in [-0.2, 0) is 16.0 Å². The first kappa shape index (κ1) is 12.4. The number of esters is 1. The van der Waals surface area contributed by atoms with Gasteiger partial charge in [-0.1, -0.05) is 0 Å². The van der Waals surface area contributed by atoms with Crippen molar-refractivity contribution in [3.05, 3.63) is 23.4 Å². The van der Waals surface area contributed by atoms with E-state index in [1.807, 2.05) is 0 Å². The first-order valence-corrected chi connectivity index (χ1v) is 4.73. The minimum Gasteiger partial charge on any atom is -0.466 e. The van der Waals surface area contributed by atoms with Gasteiger partial charge in [-0.25, -0.2) is 13.8 Å². The molecule has 1 aromatic heterocycles. The van der Waals surface area contributed by atoms with Crippen molar-refractivity contribution < 1.29 is 18.3 Å². The second kappa shape index (κ2) is 5.39. The van der Waals surface area contributed by atoms with Crippen LogP contribution >= 0.6 is 0 Å². The van der Waals surface area contributed by atoms with Crippen LogP contribution in [0.5, 0.6) is 0 Å². The zero-order valence-electron chi connectivity index (χ0n) is 8.74. The Labute approximate surface area is 91.4 Å². The standard InChI is InChI=1S/C10H12F2N2O2/c1-2-16-9(15)5-7-6(10(11)12)3-4-8(13)14-7/h3-4,10H,2,5H2,1H3,(H2,13,14). The quantitative estimate of drug-likeness (QED) is 0.799. The smallest absolute Gasteiger partial charge is 0.311 e. The van der Waals surface area contributed by atoms with E-state index in [1.54, 1.807) is 6.92 Å². The zero-order valence-corrected chi connectivity index (χ0v) is 8.74. The number of hydrogen-bond acceptors (Lipinski definition) is 4. The van der Waals surface area contributed by atoms with Crippen LogP contribution in [0.25, 0.3) is 0 Å². The SMILES string of the molecule is CCOC(=O)Cc1nc(N)ccc1C(F)F. The molecule has 0 amide bonds. The first-order chi connectivity index (χ1) is 7.54. The molecule has 6 heteroatoms. The number of alkyl halides is 2. The molecule has 0 aliphatic carbocycles. The molecule has 1 heterocycles. The highest BCUT2D eigenvalue weighted by Gasteiger charge is 2.17. The molecular formula is C10H12F2N2O2. The predicted octanol–water partition coefficient (Wildman–Crippen LogP) is 1.71. The monoisotopic (exact) mass is 230 g/mol. The maximum absolute atomic E-state index is 12.6. The molecule has 0 atom stereocenters. The van der Waals surface area contributed by atoms with Gasteiger partial charge in [-0.3, -0.25) is 4.79 Å². The van der Waals surface area contributed by atoms with Gasteiger partial charge in [-0.2, -0.15) is 0 Å². The summed E-state index contributed by atoms with van der Waals surface area (Å²) in [5, 5.41) is 0. The summed E-state index contributed by atoms with van der Waals surface area (Å²) in [6.07, 6.45) is -2.98. The Balaban J connectivity index is 2.92. The lowest BCUT2D eigenvalue weighted by Crippen LogP contribution is -2.12. The number of ether oxygens (including phenoxy) is 1. The third kappa shape index (κ3) is 3.15. The van der Waals surface area contributed by atoms with Crippen molar-refractivity contribution in [1.82, 2.24) is 4.98 Å². The van der Waals surface area contributed by atoms with Gasteiger partial charge in [0.2, 0.25) is 0 Å². The Kier molecular flexibility index (Phi) is 4.16. The van der Waals surface area contributed by atoms with E-state index in [1.165, 1.54) is 12.1 Å². The number of nitrogen functional groups attached to an aromatic ring is 1. The molecule has 0 unspecified atom stereocenters. The number of anilines is 1. The Morgan fingerprint density at radius 1 is 1.56 bits per heavy atom. The Bertz CT molecular complexity index is 383. The summed E-state index contributed by atoms with van der Waals surface area (Å²) >= 11 is 0. The molecule has 0 radical (unpaired) electrons. The largest absolute Gasteiger partial charge is 0.466 e. The summed E-state index contributed by atoms with van der Waals surface area (Å²) < 4.78 is 29.8. The fourth-order valence-electron chi connectivity index (χ4n) is 1.22. The molecule has 0 aliphatic heterocycles. The molecule has 88 valence electrons. The lowest BCUT2D eigenvalue weighted by molar-refractivity contribution is -0.142. The fraction of sp³-hybridized carbons (Fsp3) is 0.400. The van der Waals surface area contributed by atoms with Crippen LogP contribution in [0.1, 0.15) is 24.6 Å². The van der Waals surface area contributed by atoms with Crippen molar-refractivity contribution in [3.8, 4) is 0 Å². The highest BCUT2D eigenvalue weighted by atomic mass is 19.3. The zero-order chi connectivity index (χ0) is 12.1. The molecule has 2 N–H and O–H groups in total. The van der Waals surface area contributed by atoms with E-state index in [4.69, 9.17) is 5.73 Å².